The molecule has 2 fully saturated rings. The number of carbonyl (C=O) groups is 1. The highest BCUT2D eigenvalue weighted by molar-refractivity contribution is 5.82. The topological polar surface area (TPSA) is 59.8 Å². The fraction of sp³-hybridized carbons (Fsp3) is 0.545. The summed E-state index contributed by atoms with van der Waals surface area (Å²) in [7, 11) is 2.00. The first-order valence-corrected chi connectivity index (χ1v) is 10.5. The van der Waals surface area contributed by atoms with Crippen LogP contribution in [0.15, 0.2) is 36.5 Å². The first-order chi connectivity index (χ1) is 14.2. The number of hydrogen-bond acceptors (Lipinski definition) is 5. The van der Waals surface area contributed by atoms with E-state index in [1.165, 1.54) is 5.56 Å². The maximum absolute atomic E-state index is 13.0. The molecule has 29 heavy (non-hydrogen) atoms. The molecule has 7 nitrogen and oxygen atoms in total. The Hall–Kier alpha value is -2.22. The number of benzene rings is 1. The Morgan fingerprint density at radius 3 is 2.69 bits per heavy atom. The van der Waals surface area contributed by atoms with E-state index in [0.717, 1.165) is 37.2 Å². The first kappa shape index (κ1) is 18.8. The van der Waals surface area contributed by atoms with Gasteiger partial charge in [0.05, 0.1) is 31.2 Å². The molecule has 4 heterocycles. The summed E-state index contributed by atoms with van der Waals surface area (Å²) in [5.74, 6) is 0.174. The highest BCUT2D eigenvalue weighted by atomic mass is 16.5. The number of likely N-dealkylation sites (tertiary alicyclic amines) is 1. The Bertz CT molecular complexity index is 873. The molecule has 0 saturated carbocycles. The Morgan fingerprint density at radius 2 is 1.93 bits per heavy atom. The number of carbonyl (C=O) groups excluding carboxylic acids is 1. The SMILES string of the molecule is CN1CCOC[C@@H]1C(=O)N1CCC2(CC1)OCCc1cn(-c3ccccc3)nc12. The monoisotopic (exact) mass is 396 g/mol. The van der Waals surface area contributed by atoms with Crippen molar-refractivity contribution in [1.82, 2.24) is 19.6 Å². The van der Waals surface area contributed by atoms with Crippen LogP contribution in [0.2, 0.25) is 0 Å². The summed E-state index contributed by atoms with van der Waals surface area (Å²) in [6.07, 6.45) is 4.60. The van der Waals surface area contributed by atoms with E-state index in [1.807, 2.05) is 34.8 Å². The Kier molecular flexibility index (Phi) is 4.89. The number of aromatic nitrogens is 2. The molecule has 1 aromatic carbocycles. The zero-order valence-electron chi connectivity index (χ0n) is 16.9. The van der Waals surface area contributed by atoms with Crippen LogP contribution in [0.4, 0.5) is 0 Å². The summed E-state index contributed by atoms with van der Waals surface area (Å²) in [4.78, 5) is 17.1. The predicted molar refractivity (Wildman–Crippen MR) is 108 cm³/mol. The van der Waals surface area contributed by atoms with Crippen molar-refractivity contribution >= 4 is 5.91 Å². The van der Waals surface area contributed by atoms with Gasteiger partial charge in [-0.05, 0) is 44.0 Å². The minimum atomic E-state index is -0.376. The number of piperidine rings is 1. The minimum absolute atomic E-state index is 0.169. The molecule has 7 heteroatoms. The maximum atomic E-state index is 13.0. The molecule has 1 amide bonds. The van der Waals surface area contributed by atoms with Crippen LogP contribution in [0.5, 0.6) is 0 Å². The molecule has 0 N–H and O–H groups in total. The van der Waals surface area contributed by atoms with E-state index in [9.17, 15) is 4.79 Å². The summed E-state index contributed by atoms with van der Waals surface area (Å²) in [6, 6.07) is 10.0. The number of ether oxygens (including phenoxy) is 2. The van der Waals surface area contributed by atoms with Gasteiger partial charge in [0.25, 0.3) is 0 Å². The van der Waals surface area contributed by atoms with Gasteiger partial charge >= 0.3 is 0 Å². The quantitative estimate of drug-likeness (QED) is 0.772. The number of rotatable bonds is 2. The second-order valence-electron chi connectivity index (χ2n) is 8.27. The van der Waals surface area contributed by atoms with E-state index in [0.29, 0.717) is 32.9 Å². The average molecular weight is 396 g/mol. The molecule has 1 spiro atoms. The van der Waals surface area contributed by atoms with Gasteiger partial charge in [-0.25, -0.2) is 4.68 Å². The lowest BCUT2D eigenvalue weighted by Crippen LogP contribution is -2.56. The zero-order chi connectivity index (χ0) is 19.8. The van der Waals surface area contributed by atoms with Crippen LogP contribution in [0.1, 0.15) is 24.1 Å². The van der Waals surface area contributed by atoms with Crippen molar-refractivity contribution in [3.63, 3.8) is 0 Å². The lowest BCUT2D eigenvalue weighted by Gasteiger charge is -2.44. The zero-order valence-corrected chi connectivity index (χ0v) is 16.9. The highest BCUT2D eigenvalue weighted by Gasteiger charge is 2.45. The molecular formula is C22H28N4O3. The summed E-state index contributed by atoms with van der Waals surface area (Å²) < 4.78 is 13.8. The number of morpholine rings is 1. The highest BCUT2D eigenvalue weighted by Crippen LogP contribution is 2.41. The van der Waals surface area contributed by atoms with Gasteiger partial charge in [0.2, 0.25) is 5.91 Å². The minimum Gasteiger partial charge on any atom is -0.378 e. The van der Waals surface area contributed by atoms with Crippen LogP contribution in [-0.4, -0.2) is 78.0 Å². The van der Waals surface area contributed by atoms with Crippen LogP contribution < -0.4 is 0 Å². The van der Waals surface area contributed by atoms with Crippen molar-refractivity contribution in [2.75, 3.05) is 46.5 Å². The standard InChI is InChI=1S/C22H28N4O3/c1-24-12-14-28-16-19(24)21(27)25-10-8-22(9-11-25)20-17(7-13-29-22)15-26(23-20)18-5-3-2-4-6-18/h2-6,15,19H,7-14,16H2,1H3/t19-/m1/s1. The molecule has 0 aliphatic carbocycles. The molecule has 2 aromatic rings. The van der Waals surface area contributed by atoms with Crippen molar-refractivity contribution < 1.29 is 14.3 Å². The van der Waals surface area contributed by atoms with Gasteiger partial charge in [0.1, 0.15) is 11.6 Å². The van der Waals surface area contributed by atoms with Gasteiger partial charge in [-0.3, -0.25) is 9.69 Å². The van der Waals surface area contributed by atoms with Crippen molar-refractivity contribution in [3.8, 4) is 5.69 Å². The van der Waals surface area contributed by atoms with Gasteiger partial charge in [-0.15, -0.1) is 0 Å². The second kappa shape index (κ2) is 7.55. The number of para-hydroxylation sites is 1. The molecule has 2 saturated heterocycles. The van der Waals surface area contributed by atoms with Gasteiger partial charge < -0.3 is 14.4 Å². The van der Waals surface area contributed by atoms with Crippen LogP contribution in [0, 0.1) is 0 Å². The van der Waals surface area contributed by atoms with E-state index >= 15 is 0 Å². The van der Waals surface area contributed by atoms with Crippen molar-refractivity contribution in [2.24, 2.45) is 0 Å². The summed E-state index contributed by atoms with van der Waals surface area (Å²) in [5, 5.41) is 4.93. The van der Waals surface area contributed by atoms with Crippen molar-refractivity contribution in [1.29, 1.82) is 0 Å². The third kappa shape index (κ3) is 3.37. The van der Waals surface area contributed by atoms with E-state index in [4.69, 9.17) is 14.6 Å². The Labute approximate surface area is 171 Å². The van der Waals surface area contributed by atoms with Gasteiger partial charge in [-0.2, -0.15) is 5.10 Å². The van der Waals surface area contributed by atoms with Crippen LogP contribution in [0.3, 0.4) is 0 Å². The molecule has 5 rings (SSSR count). The van der Waals surface area contributed by atoms with Crippen molar-refractivity contribution in [2.45, 2.75) is 30.9 Å². The van der Waals surface area contributed by atoms with E-state index in [-0.39, 0.29) is 17.6 Å². The van der Waals surface area contributed by atoms with Crippen LogP contribution in [-0.2, 0) is 26.3 Å². The molecule has 1 atom stereocenters. The number of amides is 1. The summed E-state index contributed by atoms with van der Waals surface area (Å²) >= 11 is 0. The molecule has 154 valence electrons. The van der Waals surface area contributed by atoms with Crippen LogP contribution >= 0.6 is 0 Å². The molecular weight excluding hydrogens is 368 g/mol. The normalized spacial score (nSPS) is 24.4. The third-order valence-electron chi connectivity index (χ3n) is 6.56. The number of likely N-dealkylation sites (N-methyl/N-ethyl adjacent to an activating group) is 1. The predicted octanol–water partition coefficient (Wildman–Crippen LogP) is 1.59. The van der Waals surface area contributed by atoms with E-state index in [2.05, 4.69) is 23.2 Å². The van der Waals surface area contributed by atoms with Gasteiger partial charge in [-0.1, -0.05) is 18.2 Å². The van der Waals surface area contributed by atoms with Crippen LogP contribution in [0.25, 0.3) is 5.69 Å². The smallest absolute Gasteiger partial charge is 0.242 e. The molecule has 3 aliphatic heterocycles. The molecule has 3 aliphatic rings. The Balaban J connectivity index is 1.34. The lowest BCUT2D eigenvalue weighted by atomic mass is 9.83. The summed E-state index contributed by atoms with van der Waals surface area (Å²) in [5.41, 5.74) is 3.00. The number of hydrogen-bond donors (Lipinski definition) is 0. The van der Waals surface area contributed by atoms with Crippen molar-refractivity contribution in [3.05, 3.63) is 47.8 Å². The first-order valence-electron chi connectivity index (χ1n) is 10.5. The fourth-order valence-corrected chi connectivity index (χ4v) is 4.74. The number of fused-ring (bicyclic) bond motifs is 2. The van der Waals surface area contributed by atoms with Gasteiger partial charge in [0.15, 0.2) is 0 Å². The maximum Gasteiger partial charge on any atom is 0.242 e. The third-order valence-corrected chi connectivity index (χ3v) is 6.56. The molecule has 0 bridgehead atoms. The van der Waals surface area contributed by atoms with E-state index in [1.54, 1.807) is 0 Å². The molecule has 0 unspecified atom stereocenters. The van der Waals surface area contributed by atoms with E-state index < -0.39 is 0 Å². The fourth-order valence-electron chi connectivity index (χ4n) is 4.74. The van der Waals surface area contributed by atoms with Gasteiger partial charge in [0, 0.05) is 25.8 Å². The molecule has 0 radical (unpaired) electrons. The summed E-state index contributed by atoms with van der Waals surface area (Å²) in [6.45, 7) is 4.09. The second-order valence-corrected chi connectivity index (χ2v) is 8.27. The Morgan fingerprint density at radius 1 is 1.14 bits per heavy atom. The lowest BCUT2D eigenvalue weighted by molar-refractivity contribution is -0.150. The average Bonchev–Trinajstić information content (AvgIpc) is 3.21. The number of nitrogens with zero attached hydrogens (tertiary/aromatic N) is 4. The largest absolute Gasteiger partial charge is 0.378 e. The molecule has 1 aromatic heterocycles.